The Hall–Kier alpha value is -3.23. The van der Waals surface area contributed by atoms with Gasteiger partial charge in [-0.1, -0.05) is 146 Å². The molecule has 50 heavy (non-hydrogen) atoms. The van der Waals surface area contributed by atoms with Gasteiger partial charge >= 0.3 is 8.60 Å². The number of rotatable bonds is 4. The van der Waals surface area contributed by atoms with Crippen LogP contribution in [-0.2, 0) is 27.1 Å². The van der Waals surface area contributed by atoms with Crippen LogP contribution in [0.3, 0.4) is 0 Å². The summed E-state index contributed by atoms with van der Waals surface area (Å²) in [6.07, 6.45) is 0. The molecule has 5 aromatic carbocycles. The molecule has 0 spiro atoms. The van der Waals surface area contributed by atoms with Crippen molar-refractivity contribution in [3.63, 3.8) is 0 Å². The second-order valence-electron chi connectivity index (χ2n) is 19.4. The highest BCUT2D eigenvalue weighted by molar-refractivity contribution is 7.39. The fourth-order valence-electron chi connectivity index (χ4n) is 7.20. The van der Waals surface area contributed by atoms with Crippen LogP contribution in [0.4, 0.5) is 0 Å². The Morgan fingerprint density at radius 1 is 0.420 bits per heavy atom. The van der Waals surface area contributed by atoms with Crippen LogP contribution >= 0.6 is 8.60 Å². The molecule has 0 atom stereocenters. The Morgan fingerprint density at radius 3 is 1.26 bits per heavy atom. The smallest absolute Gasteiger partial charge is 0.391 e. The van der Waals surface area contributed by atoms with Crippen LogP contribution in [0.5, 0.6) is 5.75 Å². The Bertz CT molecular complexity index is 2070. The van der Waals surface area contributed by atoms with Crippen molar-refractivity contribution in [1.82, 2.24) is 0 Å². The normalized spacial score (nSPS) is 13.5. The highest BCUT2D eigenvalue weighted by Crippen LogP contribution is 2.52. The molecule has 0 saturated heterocycles. The number of hydrogen-bond donors (Lipinski definition) is 2. The summed E-state index contributed by atoms with van der Waals surface area (Å²) in [5, 5.41) is 4.84. The number of fused-ring (bicyclic) bond motifs is 2. The third-order valence-corrected chi connectivity index (χ3v) is 10.3. The lowest BCUT2D eigenvalue weighted by molar-refractivity contribution is 0.370. The highest BCUT2D eigenvalue weighted by atomic mass is 31.2. The molecule has 0 aliphatic rings. The minimum Gasteiger partial charge on any atom is -0.427 e. The van der Waals surface area contributed by atoms with Gasteiger partial charge in [-0.15, -0.1) is 0 Å². The molecule has 0 unspecified atom stereocenters. The molecule has 5 aromatic rings. The molecule has 0 radical (unpaired) electrons. The van der Waals surface area contributed by atoms with Crippen LogP contribution < -0.4 is 4.52 Å². The minimum atomic E-state index is -2.62. The molecule has 266 valence electrons. The van der Waals surface area contributed by atoms with Gasteiger partial charge in [-0.05, 0) is 123 Å². The number of hydrogen-bond acceptors (Lipinski definition) is 3. The van der Waals surface area contributed by atoms with Gasteiger partial charge in [0.1, 0.15) is 5.75 Å². The summed E-state index contributed by atoms with van der Waals surface area (Å²) in [4.78, 5) is 20.4. The predicted octanol–water partition coefficient (Wildman–Crippen LogP) is 13.4. The van der Waals surface area contributed by atoms with E-state index in [1.807, 2.05) is 6.07 Å². The van der Waals surface area contributed by atoms with Gasteiger partial charge in [0.15, 0.2) is 0 Å². The van der Waals surface area contributed by atoms with E-state index in [9.17, 15) is 9.79 Å². The zero-order valence-electron chi connectivity index (χ0n) is 33.2. The molecular formula is C46H59O3P. The predicted molar refractivity (Wildman–Crippen MR) is 218 cm³/mol. The van der Waals surface area contributed by atoms with Gasteiger partial charge < -0.3 is 14.3 Å². The molecule has 4 heteroatoms. The highest BCUT2D eigenvalue weighted by Gasteiger charge is 2.33. The van der Waals surface area contributed by atoms with Gasteiger partial charge in [-0.2, -0.15) is 0 Å². The lowest BCUT2D eigenvalue weighted by Gasteiger charge is -2.33. The van der Waals surface area contributed by atoms with Crippen molar-refractivity contribution in [1.29, 1.82) is 0 Å². The van der Waals surface area contributed by atoms with Crippen molar-refractivity contribution in [3.05, 3.63) is 101 Å². The summed E-state index contributed by atoms with van der Waals surface area (Å²) in [6, 6.07) is 27.3. The zero-order valence-corrected chi connectivity index (χ0v) is 34.1. The van der Waals surface area contributed by atoms with Crippen molar-refractivity contribution in [2.45, 2.75) is 131 Å². The van der Waals surface area contributed by atoms with Crippen LogP contribution in [-0.4, -0.2) is 9.79 Å². The first-order valence-electron chi connectivity index (χ1n) is 18.0. The zero-order chi connectivity index (χ0) is 37.4. The minimum absolute atomic E-state index is 0.0348. The summed E-state index contributed by atoms with van der Waals surface area (Å²) in [7, 11) is -2.62. The quantitative estimate of drug-likeness (QED) is 0.185. The Labute approximate surface area is 303 Å². The summed E-state index contributed by atoms with van der Waals surface area (Å²) >= 11 is 0. The molecular weight excluding hydrogens is 631 g/mol. The fraction of sp³-hybridized carbons (Fsp3) is 0.435. The van der Waals surface area contributed by atoms with Crippen LogP contribution in [0.2, 0.25) is 0 Å². The topological polar surface area (TPSA) is 49.7 Å². The van der Waals surface area contributed by atoms with E-state index in [4.69, 9.17) is 4.52 Å². The molecule has 2 N–H and O–H groups in total. The molecule has 0 bridgehead atoms. The summed E-state index contributed by atoms with van der Waals surface area (Å²) < 4.78 is 5.88. The second kappa shape index (κ2) is 12.8. The van der Waals surface area contributed by atoms with E-state index in [2.05, 4.69) is 171 Å². The van der Waals surface area contributed by atoms with Crippen molar-refractivity contribution in [2.24, 2.45) is 0 Å². The first-order valence-corrected chi connectivity index (χ1v) is 19.1. The average molecular weight is 691 g/mol. The maximum atomic E-state index is 10.2. The van der Waals surface area contributed by atoms with Crippen LogP contribution in [0.1, 0.15) is 132 Å². The monoisotopic (exact) mass is 690 g/mol. The first kappa shape index (κ1) is 38.0. The largest absolute Gasteiger partial charge is 0.427 e. The van der Waals surface area contributed by atoms with Crippen molar-refractivity contribution in [3.8, 4) is 28.0 Å². The van der Waals surface area contributed by atoms with Crippen molar-refractivity contribution >= 4 is 30.1 Å². The molecule has 0 fully saturated rings. The van der Waals surface area contributed by atoms with E-state index < -0.39 is 14.0 Å². The van der Waals surface area contributed by atoms with Gasteiger partial charge in [0.05, 0.1) is 0 Å². The maximum Gasteiger partial charge on any atom is 0.391 e. The average Bonchev–Trinajstić information content (AvgIpc) is 2.96. The Morgan fingerprint density at radius 2 is 0.860 bits per heavy atom. The molecule has 0 aliphatic heterocycles. The van der Waals surface area contributed by atoms with Gasteiger partial charge in [-0.3, -0.25) is 0 Å². The van der Waals surface area contributed by atoms with Gasteiger partial charge in [0, 0.05) is 5.56 Å². The first-order chi connectivity index (χ1) is 22.8. The van der Waals surface area contributed by atoms with Crippen LogP contribution in [0, 0.1) is 0 Å². The van der Waals surface area contributed by atoms with Crippen LogP contribution in [0.25, 0.3) is 43.8 Å². The Kier molecular flexibility index (Phi) is 9.71. The molecule has 3 nitrogen and oxygen atoms in total. The standard InChI is InChI=1S/C46H59O3P/c1-42(2,3)32-18-16-28-24-35(37(44(7,8)9)26-30(28)22-32)34-20-21-39(49-50(47)48)41(46(13,14)15)40(34)36-25-29-17-19-33(43(4,5)6)23-31(29)27-38(36)45(10,11)12/h16-27,47-48H,1-15H3. The fourth-order valence-corrected chi connectivity index (χ4v) is 7.52. The van der Waals surface area contributed by atoms with Gasteiger partial charge in [0.25, 0.3) is 0 Å². The third-order valence-electron chi connectivity index (χ3n) is 9.96. The third kappa shape index (κ3) is 7.67. The maximum absolute atomic E-state index is 10.2. The van der Waals surface area contributed by atoms with E-state index in [-0.39, 0.29) is 21.7 Å². The molecule has 0 saturated carbocycles. The molecule has 5 rings (SSSR count). The van der Waals surface area contributed by atoms with Crippen molar-refractivity contribution in [2.75, 3.05) is 0 Å². The summed E-state index contributed by atoms with van der Waals surface area (Å²) in [6.45, 7) is 33.9. The van der Waals surface area contributed by atoms with E-state index in [1.165, 1.54) is 49.4 Å². The van der Waals surface area contributed by atoms with Gasteiger partial charge in [-0.25, -0.2) is 0 Å². The summed E-state index contributed by atoms with van der Waals surface area (Å²) in [5.74, 6) is 0.503. The lowest BCUT2D eigenvalue weighted by atomic mass is 9.72. The van der Waals surface area contributed by atoms with Gasteiger partial charge in [0.2, 0.25) is 0 Å². The summed E-state index contributed by atoms with van der Waals surface area (Å²) in [5.41, 5.74) is 9.96. The second-order valence-corrected chi connectivity index (χ2v) is 20.1. The Balaban J connectivity index is 2.00. The van der Waals surface area contributed by atoms with E-state index >= 15 is 0 Å². The molecule has 0 heterocycles. The molecule has 0 aromatic heterocycles. The molecule has 0 amide bonds. The van der Waals surface area contributed by atoms with E-state index in [0.717, 1.165) is 22.3 Å². The SMILES string of the molecule is CC(C)(C)c1ccc2cc(-c3ccc(OP(O)O)c(C(C)(C)C)c3-c3cc4ccc(C(C)(C)C)cc4cc3C(C)(C)C)c(C(C)(C)C)cc2c1. The van der Waals surface area contributed by atoms with E-state index in [0.29, 0.717) is 5.75 Å². The molecule has 0 aliphatic carbocycles. The number of benzene rings is 5. The van der Waals surface area contributed by atoms with Crippen molar-refractivity contribution < 1.29 is 14.3 Å². The van der Waals surface area contributed by atoms with Crippen LogP contribution in [0.15, 0.2) is 72.8 Å². The van der Waals surface area contributed by atoms with E-state index in [1.54, 1.807) is 0 Å². The lowest BCUT2D eigenvalue weighted by Crippen LogP contribution is -2.19.